The summed E-state index contributed by atoms with van der Waals surface area (Å²) in [6, 6.07) is 20.7. The van der Waals surface area contributed by atoms with E-state index in [9.17, 15) is 14.9 Å². The number of likely N-dealkylation sites (N-methyl/N-ethyl adjacent to an activating group) is 1. The number of anilines is 1. The Labute approximate surface area is 199 Å². The van der Waals surface area contributed by atoms with Crippen molar-refractivity contribution in [1.29, 1.82) is 0 Å². The van der Waals surface area contributed by atoms with Crippen LogP contribution in [0.5, 0.6) is 0 Å². The molecule has 0 bridgehead atoms. The van der Waals surface area contributed by atoms with Crippen LogP contribution in [-0.2, 0) is 4.74 Å². The van der Waals surface area contributed by atoms with Gasteiger partial charge in [0, 0.05) is 27.9 Å². The van der Waals surface area contributed by atoms with Crippen molar-refractivity contribution in [2.45, 2.75) is 6.92 Å². The second-order valence-electron chi connectivity index (χ2n) is 6.71. The topological polar surface area (TPSA) is 97.4 Å². The molecule has 9 heteroatoms. The largest absolute Gasteiger partial charge is 0.460 e. The number of carbonyl (C=O) groups excluding carboxylic acids is 1. The molecule has 32 heavy (non-hydrogen) atoms. The summed E-state index contributed by atoms with van der Waals surface area (Å²) in [6.45, 7) is 3.63. The lowest BCUT2D eigenvalue weighted by atomic mass is 10.2. The maximum absolute atomic E-state index is 12.1. The average Bonchev–Trinajstić information content (AvgIpc) is 2.81. The van der Waals surface area contributed by atoms with E-state index in [4.69, 9.17) is 4.74 Å². The van der Waals surface area contributed by atoms with Crippen LogP contribution in [0.1, 0.15) is 17.3 Å². The molecule has 0 N–H and O–H groups in total. The van der Waals surface area contributed by atoms with E-state index in [2.05, 4.69) is 37.7 Å². The predicted octanol–water partition coefficient (Wildman–Crippen LogP) is 6.30. The molecule has 0 saturated carbocycles. The van der Waals surface area contributed by atoms with Gasteiger partial charge < -0.3 is 9.64 Å². The van der Waals surface area contributed by atoms with Crippen molar-refractivity contribution in [2.24, 2.45) is 10.2 Å². The standard InChI is InChI=1S/C23H21IN4O4/c1-2-27(15-16-32-23(29)17-3-5-18(24)6-4-17)21-11-7-19(8-12-21)25-26-20-9-13-22(14-10-20)28(30)31/h3-14H,2,15-16H2,1H3/b26-25+. The molecule has 0 spiro atoms. The molecule has 0 aliphatic heterocycles. The van der Waals surface area contributed by atoms with Gasteiger partial charge in [0.05, 0.1) is 28.4 Å². The number of azo groups is 1. The highest BCUT2D eigenvalue weighted by molar-refractivity contribution is 14.1. The maximum Gasteiger partial charge on any atom is 0.338 e. The molecule has 0 radical (unpaired) electrons. The summed E-state index contributed by atoms with van der Waals surface area (Å²) >= 11 is 2.19. The van der Waals surface area contributed by atoms with E-state index in [1.165, 1.54) is 12.1 Å². The molecule has 3 aromatic rings. The zero-order valence-electron chi connectivity index (χ0n) is 17.3. The van der Waals surface area contributed by atoms with Gasteiger partial charge in [-0.05, 0) is 90.2 Å². The first-order valence-electron chi connectivity index (χ1n) is 9.90. The Morgan fingerprint density at radius 3 is 2.06 bits per heavy atom. The number of carbonyl (C=O) groups is 1. The Bertz CT molecular complexity index is 1080. The van der Waals surface area contributed by atoms with Crippen LogP contribution >= 0.6 is 22.6 Å². The summed E-state index contributed by atoms with van der Waals surface area (Å²) in [4.78, 5) is 24.5. The number of esters is 1. The summed E-state index contributed by atoms with van der Waals surface area (Å²) in [6.07, 6.45) is 0. The minimum Gasteiger partial charge on any atom is -0.460 e. The fraction of sp³-hybridized carbons (Fsp3) is 0.174. The smallest absolute Gasteiger partial charge is 0.338 e. The van der Waals surface area contributed by atoms with E-state index in [1.807, 2.05) is 43.3 Å². The quantitative estimate of drug-likeness (QED) is 0.104. The molecule has 3 aromatic carbocycles. The van der Waals surface area contributed by atoms with Gasteiger partial charge in [-0.2, -0.15) is 10.2 Å². The van der Waals surface area contributed by atoms with E-state index in [0.29, 0.717) is 23.5 Å². The van der Waals surface area contributed by atoms with Crippen molar-refractivity contribution in [1.82, 2.24) is 0 Å². The number of nitro benzene ring substituents is 1. The third-order valence-electron chi connectivity index (χ3n) is 4.61. The Morgan fingerprint density at radius 2 is 1.53 bits per heavy atom. The molecule has 0 saturated heterocycles. The number of hydrogen-bond acceptors (Lipinski definition) is 7. The number of halogens is 1. The molecule has 0 atom stereocenters. The van der Waals surface area contributed by atoms with Gasteiger partial charge in [0.15, 0.2) is 0 Å². The molecule has 0 aliphatic rings. The number of nitrogens with zero attached hydrogens (tertiary/aromatic N) is 4. The van der Waals surface area contributed by atoms with E-state index in [-0.39, 0.29) is 18.3 Å². The first kappa shape index (κ1) is 23.3. The van der Waals surface area contributed by atoms with Crippen LogP contribution < -0.4 is 4.90 Å². The number of hydrogen-bond donors (Lipinski definition) is 0. The zero-order valence-corrected chi connectivity index (χ0v) is 19.5. The Balaban J connectivity index is 1.54. The fourth-order valence-electron chi connectivity index (χ4n) is 2.87. The van der Waals surface area contributed by atoms with Crippen molar-refractivity contribution >= 4 is 51.3 Å². The molecule has 0 fully saturated rings. The van der Waals surface area contributed by atoms with Crippen LogP contribution in [0.25, 0.3) is 0 Å². The summed E-state index contributed by atoms with van der Waals surface area (Å²) < 4.78 is 6.46. The summed E-state index contributed by atoms with van der Waals surface area (Å²) in [5.41, 5.74) is 2.72. The number of non-ortho nitro benzene ring substituents is 1. The van der Waals surface area contributed by atoms with Gasteiger partial charge in [0.1, 0.15) is 6.61 Å². The second kappa shape index (κ2) is 11.3. The van der Waals surface area contributed by atoms with Crippen molar-refractivity contribution in [3.63, 3.8) is 0 Å². The predicted molar refractivity (Wildman–Crippen MR) is 131 cm³/mol. The maximum atomic E-state index is 12.1. The lowest BCUT2D eigenvalue weighted by molar-refractivity contribution is -0.384. The van der Waals surface area contributed by atoms with Crippen LogP contribution in [0.4, 0.5) is 22.7 Å². The van der Waals surface area contributed by atoms with Crippen LogP contribution in [-0.4, -0.2) is 30.6 Å². The monoisotopic (exact) mass is 544 g/mol. The van der Waals surface area contributed by atoms with Crippen molar-refractivity contribution in [2.75, 3.05) is 24.6 Å². The molecule has 0 aromatic heterocycles. The van der Waals surface area contributed by atoms with Crippen molar-refractivity contribution < 1.29 is 14.5 Å². The third kappa shape index (κ3) is 6.58. The van der Waals surface area contributed by atoms with Crippen molar-refractivity contribution in [3.05, 3.63) is 92.0 Å². The summed E-state index contributed by atoms with van der Waals surface area (Å²) in [7, 11) is 0. The molecular formula is C23H21IN4O4. The van der Waals surface area contributed by atoms with Gasteiger partial charge in [-0.25, -0.2) is 4.79 Å². The Hall–Kier alpha value is -3.34. The fourth-order valence-corrected chi connectivity index (χ4v) is 3.23. The minimum atomic E-state index is -0.456. The molecule has 0 heterocycles. The highest BCUT2D eigenvalue weighted by Crippen LogP contribution is 2.23. The Morgan fingerprint density at radius 1 is 0.969 bits per heavy atom. The SMILES string of the molecule is CCN(CCOC(=O)c1ccc(I)cc1)c1ccc(/N=N/c2ccc([N+](=O)[O-])cc2)cc1. The highest BCUT2D eigenvalue weighted by atomic mass is 127. The van der Waals surface area contributed by atoms with Crippen LogP contribution in [0.2, 0.25) is 0 Å². The third-order valence-corrected chi connectivity index (χ3v) is 5.33. The van der Waals surface area contributed by atoms with E-state index in [1.54, 1.807) is 24.3 Å². The van der Waals surface area contributed by atoms with E-state index in [0.717, 1.165) is 15.8 Å². The molecule has 3 rings (SSSR count). The highest BCUT2D eigenvalue weighted by Gasteiger charge is 2.09. The van der Waals surface area contributed by atoms with E-state index >= 15 is 0 Å². The van der Waals surface area contributed by atoms with E-state index < -0.39 is 4.92 Å². The summed E-state index contributed by atoms with van der Waals surface area (Å²) in [5, 5.41) is 19.0. The number of ether oxygens (including phenoxy) is 1. The van der Waals surface area contributed by atoms with Gasteiger partial charge >= 0.3 is 5.97 Å². The molecule has 164 valence electrons. The van der Waals surface area contributed by atoms with Crippen LogP contribution in [0.15, 0.2) is 83.0 Å². The van der Waals surface area contributed by atoms with Gasteiger partial charge in [-0.15, -0.1) is 0 Å². The van der Waals surface area contributed by atoms with Gasteiger partial charge in [0.2, 0.25) is 0 Å². The normalized spacial score (nSPS) is 10.8. The molecule has 0 amide bonds. The number of benzene rings is 3. The van der Waals surface area contributed by atoms with Crippen LogP contribution in [0.3, 0.4) is 0 Å². The minimum absolute atomic E-state index is 0.0113. The van der Waals surface area contributed by atoms with Crippen LogP contribution in [0, 0.1) is 13.7 Å². The zero-order chi connectivity index (χ0) is 22.9. The number of rotatable bonds is 9. The molecule has 0 aliphatic carbocycles. The van der Waals surface area contributed by atoms with Gasteiger partial charge in [0.25, 0.3) is 5.69 Å². The first-order chi connectivity index (χ1) is 15.5. The number of nitro groups is 1. The second-order valence-corrected chi connectivity index (χ2v) is 7.96. The lowest BCUT2D eigenvalue weighted by Crippen LogP contribution is -2.27. The Kier molecular flexibility index (Phi) is 8.26. The average molecular weight is 544 g/mol. The molecule has 0 unspecified atom stereocenters. The molecule has 8 nitrogen and oxygen atoms in total. The van der Waals surface area contributed by atoms with Gasteiger partial charge in [-0.1, -0.05) is 0 Å². The summed E-state index contributed by atoms with van der Waals surface area (Å²) in [5.74, 6) is -0.334. The molecular weight excluding hydrogens is 523 g/mol. The van der Waals surface area contributed by atoms with Gasteiger partial charge in [-0.3, -0.25) is 10.1 Å². The first-order valence-corrected chi connectivity index (χ1v) is 11.0. The lowest BCUT2D eigenvalue weighted by Gasteiger charge is -2.23. The van der Waals surface area contributed by atoms with Crippen molar-refractivity contribution in [3.8, 4) is 0 Å².